The molecule has 2 N–H and O–H groups in total. The minimum atomic E-state index is -0.966. The van der Waals surface area contributed by atoms with Crippen LogP contribution in [0, 0.1) is 6.92 Å². The Kier molecular flexibility index (Phi) is 3.74. The maximum Gasteiger partial charge on any atom is 0.339 e. The maximum atomic E-state index is 10.8. The molecule has 94 valence electrons. The van der Waals surface area contributed by atoms with Crippen molar-refractivity contribution in [3.8, 4) is 0 Å². The lowest BCUT2D eigenvalue weighted by Crippen LogP contribution is -2.13. The molecule has 0 saturated carbocycles. The van der Waals surface area contributed by atoms with Gasteiger partial charge in [0.2, 0.25) is 0 Å². The zero-order chi connectivity index (χ0) is 13.0. The van der Waals surface area contributed by atoms with Gasteiger partial charge >= 0.3 is 5.97 Å². The van der Waals surface area contributed by atoms with Crippen molar-refractivity contribution in [2.45, 2.75) is 20.0 Å². The number of rotatable bonds is 5. The fourth-order valence-electron chi connectivity index (χ4n) is 1.66. The molecule has 0 saturated heterocycles. The molecule has 0 aliphatic carbocycles. The number of carbonyl (C=O) groups is 1. The fourth-order valence-corrected chi connectivity index (χ4v) is 1.66. The van der Waals surface area contributed by atoms with Gasteiger partial charge in [-0.25, -0.2) is 4.79 Å². The molecule has 0 spiro atoms. The van der Waals surface area contributed by atoms with Gasteiger partial charge in [-0.05, 0) is 25.1 Å². The second kappa shape index (κ2) is 5.46. The van der Waals surface area contributed by atoms with Gasteiger partial charge in [0, 0.05) is 12.7 Å². The van der Waals surface area contributed by atoms with E-state index in [0.29, 0.717) is 24.6 Å². The number of aromatic carboxylic acids is 1. The zero-order valence-electron chi connectivity index (χ0n) is 10.0. The van der Waals surface area contributed by atoms with Crippen molar-refractivity contribution in [1.82, 2.24) is 10.3 Å². The van der Waals surface area contributed by atoms with Gasteiger partial charge in [-0.1, -0.05) is 6.07 Å². The molecule has 2 heterocycles. The minimum Gasteiger partial charge on any atom is -0.478 e. The smallest absolute Gasteiger partial charge is 0.339 e. The lowest BCUT2D eigenvalue weighted by atomic mass is 10.2. The number of hydrogen-bond donors (Lipinski definition) is 2. The monoisotopic (exact) mass is 246 g/mol. The second-order valence-electron chi connectivity index (χ2n) is 3.91. The van der Waals surface area contributed by atoms with E-state index in [2.05, 4.69) is 10.3 Å². The first-order valence-electron chi connectivity index (χ1n) is 5.60. The standard InChI is InChI=1S/C13H14N2O3/c1-9-12(13(16)17)6-11(18-9)8-14-7-10-4-2-3-5-15-10/h2-6,14H,7-8H2,1H3,(H,16,17). The Balaban J connectivity index is 1.91. The summed E-state index contributed by atoms with van der Waals surface area (Å²) in [5, 5.41) is 12.0. The zero-order valence-corrected chi connectivity index (χ0v) is 10.0. The first-order chi connectivity index (χ1) is 8.66. The van der Waals surface area contributed by atoms with Gasteiger partial charge in [0.15, 0.2) is 0 Å². The largest absolute Gasteiger partial charge is 0.478 e. The van der Waals surface area contributed by atoms with Crippen LogP contribution in [0.3, 0.4) is 0 Å². The number of carboxylic acid groups (broad SMARTS) is 1. The van der Waals surface area contributed by atoms with E-state index in [4.69, 9.17) is 9.52 Å². The number of nitrogens with one attached hydrogen (secondary N) is 1. The van der Waals surface area contributed by atoms with Crippen molar-refractivity contribution in [1.29, 1.82) is 0 Å². The predicted octanol–water partition coefficient (Wildman–Crippen LogP) is 1.97. The van der Waals surface area contributed by atoms with E-state index in [1.165, 1.54) is 0 Å². The Morgan fingerprint density at radius 2 is 2.28 bits per heavy atom. The van der Waals surface area contributed by atoms with Crippen molar-refractivity contribution >= 4 is 5.97 Å². The van der Waals surface area contributed by atoms with E-state index >= 15 is 0 Å². The quantitative estimate of drug-likeness (QED) is 0.843. The predicted molar refractivity (Wildman–Crippen MR) is 65.2 cm³/mol. The van der Waals surface area contributed by atoms with Gasteiger partial charge in [-0.3, -0.25) is 4.98 Å². The van der Waals surface area contributed by atoms with Crippen LogP contribution in [0.25, 0.3) is 0 Å². The summed E-state index contributed by atoms with van der Waals surface area (Å²) in [5.41, 5.74) is 1.14. The third-order valence-electron chi connectivity index (χ3n) is 2.53. The summed E-state index contributed by atoms with van der Waals surface area (Å²) in [5.74, 6) is 0.0743. The normalized spacial score (nSPS) is 10.5. The summed E-state index contributed by atoms with van der Waals surface area (Å²) < 4.78 is 5.35. The number of aromatic nitrogens is 1. The molecule has 0 aliphatic heterocycles. The number of nitrogens with zero attached hydrogens (tertiary/aromatic N) is 1. The number of carboxylic acids is 1. The average Bonchev–Trinajstić information content (AvgIpc) is 2.72. The topological polar surface area (TPSA) is 75.4 Å². The Hall–Kier alpha value is -2.14. The van der Waals surface area contributed by atoms with Crippen LogP contribution in [0.4, 0.5) is 0 Å². The summed E-state index contributed by atoms with van der Waals surface area (Å²) in [6.45, 7) is 2.74. The van der Waals surface area contributed by atoms with Gasteiger partial charge in [-0.15, -0.1) is 0 Å². The van der Waals surface area contributed by atoms with Crippen LogP contribution < -0.4 is 5.32 Å². The molecule has 0 atom stereocenters. The SMILES string of the molecule is Cc1oc(CNCc2ccccn2)cc1C(=O)O. The molecule has 18 heavy (non-hydrogen) atoms. The number of aryl methyl sites for hydroxylation is 1. The highest BCUT2D eigenvalue weighted by Gasteiger charge is 2.13. The molecular weight excluding hydrogens is 232 g/mol. The van der Waals surface area contributed by atoms with E-state index in [0.717, 1.165) is 5.69 Å². The summed E-state index contributed by atoms with van der Waals surface area (Å²) in [6.07, 6.45) is 1.73. The molecule has 5 heteroatoms. The van der Waals surface area contributed by atoms with Crippen LogP contribution in [-0.2, 0) is 13.1 Å². The Morgan fingerprint density at radius 3 is 2.89 bits per heavy atom. The Bertz CT molecular complexity index is 534. The van der Waals surface area contributed by atoms with Crippen molar-refractivity contribution in [3.05, 3.63) is 53.2 Å². The van der Waals surface area contributed by atoms with Gasteiger partial charge in [-0.2, -0.15) is 0 Å². The molecule has 0 aliphatic rings. The van der Waals surface area contributed by atoms with Gasteiger partial charge < -0.3 is 14.8 Å². The first-order valence-corrected chi connectivity index (χ1v) is 5.60. The molecule has 0 bridgehead atoms. The lowest BCUT2D eigenvalue weighted by molar-refractivity contribution is 0.0695. The highest BCUT2D eigenvalue weighted by atomic mass is 16.4. The van der Waals surface area contributed by atoms with Crippen molar-refractivity contribution in [2.75, 3.05) is 0 Å². The van der Waals surface area contributed by atoms with Crippen LogP contribution in [0.1, 0.15) is 27.6 Å². The molecule has 0 unspecified atom stereocenters. The second-order valence-corrected chi connectivity index (χ2v) is 3.91. The Morgan fingerprint density at radius 1 is 1.44 bits per heavy atom. The van der Waals surface area contributed by atoms with Gasteiger partial charge in [0.25, 0.3) is 0 Å². The van der Waals surface area contributed by atoms with Crippen LogP contribution in [0.15, 0.2) is 34.9 Å². The van der Waals surface area contributed by atoms with Crippen LogP contribution in [-0.4, -0.2) is 16.1 Å². The van der Waals surface area contributed by atoms with E-state index in [-0.39, 0.29) is 5.56 Å². The van der Waals surface area contributed by atoms with Gasteiger partial charge in [0.1, 0.15) is 17.1 Å². The number of hydrogen-bond acceptors (Lipinski definition) is 4. The average molecular weight is 246 g/mol. The molecule has 5 nitrogen and oxygen atoms in total. The summed E-state index contributed by atoms with van der Waals surface area (Å²) >= 11 is 0. The molecule has 0 aromatic carbocycles. The third kappa shape index (κ3) is 2.95. The lowest BCUT2D eigenvalue weighted by Gasteiger charge is -2.01. The minimum absolute atomic E-state index is 0.213. The fraction of sp³-hybridized carbons (Fsp3) is 0.231. The Labute approximate surface area is 104 Å². The van der Waals surface area contributed by atoms with E-state index in [9.17, 15) is 4.79 Å². The molecular formula is C13H14N2O3. The molecule has 2 aromatic heterocycles. The first kappa shape index (κ1) is 12.3. The van der Waals surface area contributed by atoms with E-state index in [1.807, 2.05) is 18.2 Å². The number of pyridine rings is 1. The summed E-state index contributed by atoms with van der Waals surface area (Å²) in [7, 11) is 0. The molecule has 0 radical (unpaired) electrons. The van der Waals surface area contributed by atoms with Crippen LogP contribution >= 0.6 is 0 Å². The molecule has 0 fully saturated rings. The summed E-state index contributed by atoms with van der Waals surface area (Å²) in [6, 6.07) is 7.24. The number of furan rings is 1. The maximum absolute atomic E-state index is 10.8. The van der Waals surface area contributed by atoms with E-state index in [1.54, 1.807) is 19.2 Å². The van der Waals surface area contributed by atoms with Crippen LogP contribution in [0.5, 0.6) is 0 Å². The van der Waals surface area contributed by atoms with Crippen molar-refractivity contribution in [3.63, 3.8) is 0 Å². The third-order valence-corrected chi connectivity index (χ3v) is 2.53. The van der Waals surface area contributed by atoms with Crippen LogP contribution in [0.2, 0.25) is 0 Å². The highest BCUT2D eigenvalue weighted by Crippen LogP contribution is 2.14. The molecule has 0 amide bonds. The van der Waals surface area contributed by atoms with E-state index < -0.39 is 5.97 Å². The highest BCUT2D eigenvalue weighted by molar-refractivity contribution is 5.88. The van der Waals surface area contributed by atoms with Crippen molar-refractivity contribution in [2.24, 2.45) is 0 Å². The van der Waals surface area contributed by atoms with Gasteiger partial charge in [0.05, 0.1) is 12.2 Å². The van der Waals surface area contributed by atoms with Crippen molar-refractivity contribution < 1.29 is 14.3 Å². The molecule has 2 aromatic rings. The molecule has 2 rings (SSSR count). The summed E-state index contributed by atoms with van der Waals surface area (Å²) in [4.78, 5) is 15.0.